The fourth-order valence-electron chi connectivity index (χ4n) is 3.43. The van der Waals surface area contributed by atoms with Crippen molar-refractivity contribution in [2.45, 2.75) is 31.1 Å². The zero-order valence-electron chi connectivity index (χ0n) is 9.10. The van der Waals surface area contributed by atoms with Gasteiger partial charge in [-0.05, 0) is 12.0 Å². The first-order valence-electron chi connectivity index (χ1n) is 6.02. The van der Waals surface area contributed by atoms with Gasteiger partial charge in [0.2, 0.25) is 0 Å². The molecule has 3 atom stereocenters. The number of anilines is 1. The molecule has 1 N–H and O–H groups in total. The van der Waals surface area contributed by atoms with Gasteiger partial charge in [-0.15, -0.1) is 0 Å². The van der Waals surface area contributed by atoms with E-state index < -0.39 is 0 Å². The third kappa shape index (κ3) is 1.00. The first-order valence-corrected chi connectivity index (χ1v) is 6.02. The number of aliphatic hydroxyl groups excluding tert-OH is 1. The number of aliphatic hydroxyl groups is 1. The van der Waals surface area contributed by atoms with E-state index in [4.69, 9.17) is 4.74 Å². The maximum atomic E-state index is 10.0. The lowest BCUT2D eigenvalue weighted by Crippen LogP contribution is -2.52. The number of nitrogens with zero attached hydrogens (tertiary/aromatic N) is 1. The Morgan fingerprint density at radius 1 is 1.38 bits per heavy atom. The van der Waals surface area contributed by atoms with Gasteiger partial charge in [0.15, 0.2) is 0 Å². The van der Waals surface area contributed by atoms with Crippen molar-refractivity contribution >= 4 is 5.69 Å². The van der Waals surface area contributed by atoms with Crippen molar-refractivity contribution in [2.24, 2.45) is 0 Å². The highest BCUT2D eigenvalue weighted by atomic mass is 16.5. The van der Waals surface area contributed by atoms with Gasteiger partial charge in [0.05, 0.1) is 24.9 Å². The Labute approximate surface area is 94.6 Å². The fourth-order valence-corrected chi connectivity index (χ4v) is 3.43. The van der Waals surface area contributed by atoms with E-state index >= 15 is 0 Å². The van der Waals surface area contributed by atoms with Crippen LogP contribution in [0.4, 0.5) is 5.69 Å². The monoisotopic (exact) mass is 217 g/mol. The fraction of sp³-hybridized carbons (Fsp3) is 0.538. The standard InChI is InChI=1S/C13H15NO2/c15-11-7-16-12-6-10(11)14-5-4-8-2-1-3-9(12)13(8)14/h1-3,10-12,15H,4-7H2/t10-,11+,12-/m0/s1. The first kappa shape index (κ1) is 9.02. The van der Waals surface area contributed by atoms with E-state index in [1.165, 1.54) is 16.8 Å². The lowest BCUT2D eigenvalue weighted by Gasteiger charge is -2.45. The Kier molecular flexibility index (Phi) is 1.69. The molecule has 3 nitrogen and oxygen atoms in total. The largest absolute Gasteiger partial charge is 0.389 e. The molecule has 0 aromatic heterocycles. The van der Waals surface area contributed by atoms with Gasteiger partial charge in [0.25, 0.3) is 0 Å². The molecule has 1 aromatic carbocycles. The molecular weight excluding hydrogens is 202 g/mol. The minimum atomic E-state index is -0.324. The van der Waals surface area contributed by atoms with Crippen LogP contribution in [-0.4, -0.2) is 30.4 Å². The third-order valence-corrected chi connectivity index (χ3v) is 4.18. The topological polar surface area (TPSA) is 32.7 Å². The van der Waals surface area contributed by atoms with Gasteiger partial charge in [0.1, 0.15) is 0 Å². The molecule has 0 radical (unpaired) electrons. The molecule has 3 heterocycles. The average molecular weight is 217 g/mol. The summed E-state index contributed by atoms with van der Waals surface area (Å²) in [5.74, 6) is 0. The normalized spacial score (nSPS) is 35.1. The number of rotatable bonds is 0. The molecular formula is C13H15NO2. The van der Waals surface area contributed by atoms with Crippen molar-refractivity contribution in [3.63, 3.8) is 0 Å². The minimum Gasteiger partial charge on any atom is -0.389 e. The van der Waals surface area contributed by atoms with Crippen LogP contribution in [0.15, 0.2) is 18.2 Å². The van der Waals surface area contributed by atoms with Gasteiger partial charge in [-0.1, -0.05) is 18.2 Å². The van der Waals surface area contributed by atoms with E-state index in [1.807, 2.05) is 0 Å². The Bertz CT molecular complexity index is 446. The number of fused-ring (bicyclic) bond motifs is 4. The smallest absolute Gasteiger partial charge is 0.0977 e. The van der Waals surface area contributed by atoms with Crippen molar-refractivity contribution in [1.29, 1.82) is 0 Å². The van der Waals surface area contributed by atoms with E-state index in [1.54, 1.807) is 0 Å². The Morgan fingerprint density at radius 3 is 3.25 bits per heavy atom. The van der Waals surface area contributed by atoms with Crippen molar-refractivity contribution in [2.75, 3.05) is 18.1 Å². The molecule has 1 aromatic rings. The van der Waals surface area contributed by atoms with Crippen molar-refractivity contribution in [3.05, 3.63) is 29.3 Å². The molecule has 1 saturated heterocycles. The summed E-state index contributed by atoms with van der Waals surface area (Å²) in [5.41, 5.74) is 4.10. The van der Waals surface area contributed by atoms with Crippen molar-refractivity contribution in [1.82, 2.24) is 0 Å². The second kappa shape index (κ2) is 2.99. The average Bonchev–Trinajstić information content (AvgIpc) is 2.74. The van der Waals surface area contributed by atoms with Crippen LogP contribution in [0.1, 0.15) is 23.7 Å². The van der Waals surface area contributed by atoms with E-state index in [2.05, 4.69) is 23.1 Å². The highest BCUT2D eigenvalue weighted by Crippen LogP contribution is 2.47. The van der Waals surface area contributed by atoms with Gasteiger partial charge >= 0.3 is 0 Å². The van der Waals surface area contributed by atoms with Gasteiger partial charge < -0.3 is 14.7 Å². The van der Waals surface area contributed by atoms with E-state index in [0.717, 1.165) is 19.4 Å². The van der Waals surface area contributed by atoms with Crippen LogP contribution in [0.5, 0.6) is 0 Å². The van der Waals surface area contributed by atoms with Gasteiger partial charge in [-0.2, -0.15) is 0 Å². The molecule has 84 valence electrons. The molecule has 0 spiro atoms. The second-order valence-corrected chi connectivity index (χ2v) is 4.99. The molecule has 3 aliphatic rings. The van der Waals surface area contributed by atoms with E-state index in [0.29, 0.717) is 6.61 Å². The summed E-state index contributed by atoms with van der Waals surface area (Å²) in [4.78, 5) is 2.40. The number of ether oxygens (including phenoxy) is 1. The van der Waals surface area contributed by atoms with Crippen LogP contribution in [0, 0.1) is 0 Å². The molecule has 3 heteroatoms. The van der Waals surface area contributed by atoms with Crippen LogP contribution in [-0.2, 0) is 11.2 Å². The highest BCUT2D eigenvalue weighted by molar-refractivity contribution is 5.66. The third-order valence-electron chi connectivity index (χ3n) is 4.18. The van der Waals surface area contributed by atoms with Crippen molar-refractivity contribution < 1.29 is 9.84 Å². The van der Waals surface area contributed by atoms with Crippen molar-refractivity contribution in [3.8, 4) is 0 Å². The summed E-state index contributed by atoms with van der Waals surface area (Å²) >= 11 is 0. The SMILES string of the molecule is O[C@@H]1CO[C@H]2C[C@@H]1N1CCc3cccc2c31. The van der Waals surface area contributed by atoms with E-state index in [9.17, 15) is 5.11 Å². The van der Waals surface area contributed by atoms with Crippen LogP contribution in [0.2, 0.25) is 0 Å². The predicted octanol–water partition coefficient (Wildman–Crippen LogP) is 1.25. The molecule has 0 unspecified atom stereocenters. The van der Waals surface area contributed by atoms with Crippen LogP contribution in [0.3, 0.4) is 0 Å². The molecule has 3 aliphatic heterocycles. The van der Waals surface area contributed by atoms with Crippen LogP contribution < -0.4 is 4.90 Å². The molecule has 4 rings (SSSR count). The number of benzene rings is 1. The lowest BCUT2D eigenvalue weighted by molar-refractivity contribution is -0.0735. The summed E-state index contributed by atoms with van der Waals surface area (Å²) in [5, 5.41) is 10.0. The number of hydrogen-bond donors (Lipinski definition) is 1. The molecule has 0 saturated carbocycles. The lowest BCUT2D eigenvalue weighted by atomic mass is 9.88. The molecule has 1 fully saturated rings. The maximum absolute atomic E-state index is 10.0. The van der Waals surface area contributed by atoms with Gasteiger partial charge in [0, 0.05) is 24.2 Å². The predicted molar refractivity (Wildman–Crippen MR) is 60.6 cm³/mol. The zero-order chi connectivity index (χ0) is 10.7. The summed E-state index contributed by atoms with van der Waals surface area (Å²) < 4.78 is 5.74. The second-order valence-electron chi connectivity index (χ2n) is 4.99. The summed E-state index contributed by atoms with van der Waals surface area (Å²) in [6.45, 7) is 1.54. The van der Waals surface area contributed by atoms with Crippen LogP contribution in [0.25, 0.3) is 0 Å². The summed E-state index contributed by atoms with van der Waals surface area (Å²) in [6.07, 6.45) is 1.93. The van der Waals surface area contributed by atoms with E-state index in [-0.39, 0.29) is 18.2 Å². The highest BCUT2D eigenvalue weighted by Gasteiger charge is 2.43. The quantitative estimate of drug-likeness (QED) is 0.710. The maximum Gasteiger partial charge on any atom is 0.0977 e. The molecule has 0 amide bonds. The molecule has 16 heavy (non-hydrogen) atoms. The van der Waals surface area contributed by atoms with Gasteiger partial charge in [-0.3, -0.25) is 0 Å². The molecule has 2 bridgehead atoms. The Hall–Kier alpha value is -1.06. The van der Waals surface area contributed by atoms with Crippen LogP contribution >= 0.6 is 0 Å². The summed E-state index contributed by atoms with van der Waals surface area (Å²) in [6, 6.07) is 6.78. The Balaban J connectivity index is 1.92. The minimum absolute atomic E-state index is 0.206. The first-order chi connectivity index (χ1) is 7.84. The number of para-hydroxylation sites is 1. The molecule has 0 aliphatic carbocycles. The van der Waals surface area contributed by atoms with Gasteiger partial charge in [-0.25, -0.2) is 0 Å². The zero-order valence-corrected chi connectivity index (χ0v) is 9.10. The Morgan fingerprint density at radius 2 is 2.31 bits per heavy atom. The summed E-state index contributed by atoms with van der Waals surface area (Å²) in [7, 11) is 0. The number of hydrogen-bond acceptors (Lipinski definition) is 3.